The number of hydrogen-bond acceptors (Lipinski definition) is 36. The summed E-state index contributed by atoms with van der Waals surface area (Å²) in [4.78, 5) is 213. The molecule has 0 aliphatic heterocycles. The molecule has 0 aromatic heterocycles. The molecule has 0 spiro atoms. The van der Waals surface area contributed by atoms with E-state index in [2.05, 4.69) is 63.8 Å². The number of alkyl carbamates (subject to hydrolysis) is 12. The highest BCUT2D eigenvalue weighted by atomic mass is 16.6. The molecule has 0 atom stereocenters. The largest absolute Gasteiger partial charge is 0.464 e. The van der Waals surface area contributed by atoms with Gasteiger partial charge in [0.1, 0.15) is 109 Å². The molecule has 147 heavy (non-hydrogen) atoms. The minimum atomic E-state index is -2.06. The van der Waals surface area contributed by atoms with Crippen molar-refractivity contribution >= 4 is 91.0 Å². The second kappa shape index (κ2) is 71.2. The van der Waals surface area contributed by atoms with E-state index in [0.717, 1.165) is 0 Å². The van der Waals surface area contributed by atoms with Crippen LogP contribution in [0, 0.1) is 21.7 Å². The van der Waals surface area contributed by atoms with Crippen molar-refractivity contribution < 1.29 is 143 Å². The normalized spacial score (nSPS) is 12.2. The van der Waals surface area contributed by atoms with Gasteiger partial charge in [-0.25, -0.2) is 57.5 Å². The van der Waals surface area contributed by atoms with Crippen LogP contribution in [-0.4, -0.2) is 413 Å². The molecule has 0 aliphatic rings. The maximum atomic E-state index is 15.2. The lowest BCUT2D eigenvalue weighted by atomic mass is 9.86. The Kier molecular flexibility index (Phi) is 66.0. The molecular weight excluding hydrogens is 1920 g/mol. The fourth-order valence-corrected chi connectivity index (χ4v) is 12.8. The maximum absolute atomic E-state index is 15.2. The lowest BCUT2D eigenvalue weighted by Crippen LogP contribution is -2.48. The SMILES string of the molecule is CCC(COC(=O)C(C)(COC(=O)NCCCN(C)CCCNC(=O)OC(C)(C)C)COC(=O)NCCCN(C)CCCNC(=O)OC(C)(C)C)(COC(=O)C(C)(COC(=O)NCCCN(C)CCCNC(=O)OC(C)(C)C)COC(=O)NCCCN(C)CCCNC(=O)OC(C)(C)C)COC(=O)C(C)(COC(=O)NCCCN(C)CCCNC(=O)OC(C)(C)C)COC(=O)NCCCN(C)CCCNC(=O)OC(C)(C)C. The summed E-state index contributed by atoms with van der Waals surface area (Å²) < 4.78 is 84.8. The van der Waals surface area contributed by atoms with Crippen LogP contribution < -0.4 is 63.8 Å². The van der Waals surface area contributed by atoms with Gasteiger partial charge in [0, 0.05) is 78.5 Å². The summed E-state index contributed by atoms with van der Waals surface area (Å²) in [5.74, 6) is -3.48. The number of nitrogens with one attached hydrogen (secondary N) is 12. The molecule has 48 nitrogen and oxygen atoms in total. The van der Waals surface area contributed by atoms with E-state index in [-0.39, 0.29) is 45.7 Å². The van der Waals surface area contributed by atoms with Crippen molar-refractivity contribution in [1.82, 2.24) is 93.2 Å². The van der Waals surface area contributed by atoms with Gasteiger partial charge in [-0.15, -0.1) is 0 Å². The van der Waals surface area contributed by atoms with E-state index in [4.69, 9.17) is 71.1 Å². The minimum Gasteiger partial charge on any atom is -0.464 e. The van der Waals surface area contributed by atoms with Gasteiger partial charge in [0.15, 0.2) is 0 Å². The zero-order valence-electron chi connectivity index (χ0n) is 94.0. The fourth-order valence-electron chi connectivity index (χ4n) is 12.8. The van der Waals surface area contributed by atoms with E-state index in [9.17, 15) is 57.5 Å². The van der Waals surface area contributed by atoms with Crippen LogP contribution in [0.5, 0.6) is 0 Å². The second-order valence-electron chi connectivity index (χ2n) is 43.9. The molecular formula is C99H188N18O30. The highest BCUT2D eigenvalue weighted by molar-refractivity contribution is 5.81. The van der Waals surface area contributed by atoms with Crippen molar-refractivity contribution in [3.8, 4) is 0 Å². The average Bonchev–Trinajstić information content (AvgIpc) is 0.816. The van der Waals surface area contributed by atoms with Crippen LogP contribution in [0.25, 0.3) is 0 Å². The van der Waals surface area contributed by atoms with Crippen LogP contribution in [0.15, 0.2) is 0 Å². The molecule has 0 rings (SSSR count). The Morgan fingerprint density at radius 3 is 0.401 bits per heavy atom. The van der Waals surface area contributed by atoms with Gasteiger partial charge in [-0.1, -0.05) is 6.92 Å². The van der Waals surface area contributed by atoms with Crippen LogP contribution in [0.3, 0.4) is 0 Å². The van der Waals surface area contributed by atoms with Gasteiger partial charge in [-0.2, -0.15) is 0 Å². The minimum absolute atomic E-state index is 0.0977. The van der Waals surface area contributed by atoms with Crippen LogP contribution in [0.2, 0.25) is 0 Å². The van der Waals surface area contributed by atoms with Crippen molar-refractivity contribution in [2.45, 2.75) is 269 Å². The number of esters is 3. The van der Waals surface area contributed by atoms with E-state index >= 15 is 14.4 Å². The molecule has 0 bridgehead atoms. The number of nitrogens with zero attached hydrogens (tertiary/aromatic N) is 6. The van der Waals surface area contributed by atoms with E-state index in [1.807, 2.05) is 71.7 Å². The number of amides is 12. The molecule has 0 saturated heterocycles. The molecule has 12 amide bonds. The second-order valence-corrected chi connectivity index (χ2v) is 43.9. The highest BCUT2D eigenvalue weighted by Crippen LogP contribution is 2.32. The Bertz CT molecular complexity index is 3290. The van der Waals surface area contributed by atoms with Crippen molar-refractivity contribution in [3.63, 3.8) is 0 Å². The average molecular weight is 2110 g/mol. The van der Waals surface area contributed by atoms with Crippen molar-refractivity contribution in [2.75, 3.05) is 259 Å². The molecule has 0 fully saturated rings. The van der Waals surface area contributed by atoms with Gasteiger partial charge in [0.25, 0.3) is 0 Å². The topological polar surface area (TPSA) is 558 Å². The van der Waals surface area contributed by atoms with E-state index in [0.29, 0.717) is 195 Å². The number of carbonyl (C=O) groups is 15. The van der Waals surface area contributed by atoms with E-state index in [1.165, 1.54) is 20.8 Å². The smallest absolute Gasteiger partial charge is 0.407 e. The van der Waals surface area contributed by atoms with Crippen LogP contribution in [-0.2, 0) is 85.4 Å². The lowest BCUT2D eigenvalue weighted by molar-refractivity contribution is -0.179. The molecule has 854 valence electrons. The molecule has 0 aromatic carbocycles. The third kappa shape index (κ3) is 75.7. The molecule has 12 N–H and O–H groups in total. The molecule has 0 saturated carbocycles. The maximum Gasteiger partial charge on any atom is 0.407 e. The monoisotopic (exact) mass is 2110 g/mol. The first-order chi connectivity index (χ1) is 68.3. The zero-order valence-corrected chi connectivity index (χ0v) is 94.0. The predicted octanol–water partition coefficient (Wildman–Crippen LogP) is 9.81. The van der Waals surface area contributed by atoms with Gasteiger partial charge >= 0.3 is 91.0 Å². The molecule has 0 unspecified atom stereocenters. The third-order valence-electron chi connectivity index (χ3n) is 21.1. The van der Waals surface area contributed by atoms with Gasteiger partial charge in [0.05, 0.1) is 5.41 Å². The molecule has 0 aliphatic carbocycles. The zero-order chi connectivity index (χ0) is 112. The quantitative estimate of drug-likeness (QED) is 0.0153. The summed E-state index contributed by atoms with van der Waals surface area (Å²) >= 11 is 0. The Morgan fingerprint density at radius 1 is 0.177 bits per heavy atom. The first-order valence-corrected chi connectivity index (χ1v) is 51.2. The standard InChI is InChI=1S/C99H188N18O30/c1-29-99(72-133-75(118)96(20,66-136-78(121)100-42-30-54-112(23)60-36-48-106-84(127)142-90(2,3)4)67-137-79(122)101-43-31-55-113(24)61-37-49-107-85(128)143-91(5,6)7,73-134-76(119)97(21,68-138-80(123)102-44-32-56-114(25)62-38-50-108-86(129)144-92(8,9)10)69-139-81(124)103-45-33-57-115(26)63-39-51-109-87(130)145-93(11,12)13)74-135-77(120)98(22,70-140-82(125)104-46-34-58-116(27)64-40-52-110-88(131)146-94(14,15)16)71-141-83(126)105-47-35-59-117(28)65-41-53-111-89(132)147-95(17,18)19/h29-74H2,1-28H3,(H,100,121)(H,101,122)(H,102,123)(H,103,124)(H,104,125)(H,105,126)(H,106,127)(H,107,128)(H,108,129)(H,109,130)(H,110,131)(H,111,132). The van der Waals surface area contributed by atoms with E-state index < -0.39 is 206 Å². The number of hydrogen-bond donors (Lipinski definition) is 12. The summed E-state index contributed by atoms with van der Waals surface area (Å²) in [6.07, 6.45) is -3.18. The van der Waals surface area contributed by atoms with Crippen LogP contribution in [0.4, 0.5) is 57.5 Å². The van der Waals surface area contributed by atoms with Gasteiger partial charge in [0.2, 0.25) is 0 Å². The Balaban J connectivity index is 8.02. The van der Waals surface area contributed by atoms with Crippen LogP contribution in [0.1, 0.15) is 236 Å². The van der Waals surface area contributed by atoms with Gasteiger partial charge in [-0.05, 0) is 350 Å². The number of carbonyl (C=O) groups excluding carboxylic acids is 15. The molecule has 0 heterocycles. The summed E-state index contributed by atoms with van der Waals surface area (Å²) in [5.41, 5.74) is -12.0. The first-order valence-electron chi connectivity index (χ1n) is 51.2. The Morgan fingerprint density at radius 2 is 0.293 bits per heavy atom. The lowest BCUT2D eigenvalue weighted by Gasteiger charge is -2.35. The predicted molar refractivity (Wildman–Crippen MR) is 552 cm³/mol. The molecule has 48 heteroatoms. The summed E-state index contributed by atoms with van der Waals surface area (Å²) in [7, 11) is 11.2. The number of ether oxygens (including phenoxy) is 15. The Hall–Kier alpha value is -10.6. The summed E-state index contributed by atoms with van der Waals surface area (Å²) in [6.45, 7) is 39.2. The summed E-state index contributed by atoms with van der Waals surface area (Å²) in [6, 6.07) is 0. The van der Waals surface area contributed by atoms with Gasteiger partial charge in [-0.3, -0.25) is 14.4 Å². The van der Waals surface area contributed by atoms with Crippen LogP contribution >= 0.6 is 0 Å². The van der Waals surface area contributed by atoms with Crippen molar-refractivity contribution in [3.05, 3.63) is 0 Å². The highest BCUT2D eigenvalue weighted by Gasteiger charge is 2.47. The summed E-state index contributed by atoms with van der Waals surface area (Å²) in [5, 5.41) is 32.4. The Labute approximate surface area is 873 Å². The van der Waals surface area contributed by atoms with Crippen molar-refractivity contribution in [1.29, 1.82) is 0 Å². The third-order valence-corrected chi connectivity index (χ3v) is 21.1. The first kappa shape index (κ1) is 136. The molecule has 0 aromatic rings. The van der Waals surface area contributed by atoms with Crippen molar-refractivity contribution in [2.24, 2.45) is 21.7 Å². The van der Waals surface area contributed by atoms with E-state index in [1.54, 1.807) is 132 Å². The van der Waals surface area contributed by atoms with Gasteiger partial charge < -0.3 is 164 Å². The molecule has 0 radical (unpaired) electrons. The number of rotatable bonds is 70. The fraction of sp³-hybridized carbons (Fsp3) is 0.848.